The van der Waals surface area contributed by atoms with Crippen molar-refractivity contribution < 1.29 is 30.7 Å². The van der Waals surface area contributed by atoms with Crippen LogP contribution in [-0.4, -0.2) is 5.97 Å². The van der Waals surface area contributed by atoms with Crippen molar-refractivity contribution in [1.29, 1.82) is 0 Å². The molecule has 3 rings (SSSR count). The molecule has 24 heavy (non-hydrogen) atoms. The topological polar surface area (TPSA) is 26.3 Å². The summed E-state index contributed by atoms with van der Waals surface area (Å²) in [6.07, 6.45) is -0.255. The van der Waals surface area contributed by atoms with Gasteiger partial charge in [-0.05, 0) is 0 Å². The van der Waals surface area contributed by atoms with Gasteiger partial charge in [0.1, 0.15) is 0 Å². The van der Waals surface area contributed by atoms with Crippen LogP contribution in [0.5, 0.6) is 0 Å². The molecule has 1 unspecified atom stereocenters. The predicted molar refractivity (Wildman–Crippen MR) is 90.6 cm³/mol. The number of rotatable bonds is 5. The molecule has 0 fully saturated rings. The number of carbonyl (C=O) groups is 1. The molecule has 3 aromatic rings. The third-order valence-corrected chi connectivity index (χ3v) is 6.27. The van der Waals surface area contributed by atoms with Crippen molar-refractivity contribution in [3.8, 4) is 0 Å². The fourth-order valence-electron chi connectivity index (χ4n) is 2.27. The van der Waals surface area contributed by atoms with Gasteiger partial charge >= 0.3 is 153 Å². The van der Waals surface area contributed by atoms with E-state index >= 15 is 0 Å². The zero-order valence-electron chi connectivity index (χ0n) is 13.4. The summed E-state index contributed by atoms with van der Waals surface area (Å²) in [6, 6.07) is 28.0. The zero-order chi connectivity index (χ0) is 16.8. The van der Waals surface area contributed by atoms with Crippen molar-refractivity contribution in [2.45, 2.75) is 13.0 Å². The number of halogens is 1. The molecule has 0 radical (unpaired) electrons. The molecule has 0 aromatic heterocycles. The van der Waals surface area contributed by atoms with Gasteiger partial charge in [0.05, 0.1) is 0 Å². The van der Waals surface area contributed by atoms with Crippen LogP contribution in [0.15, 0.2) is 84.9 Å². The molecule has 3 aromatic carbocycles. The molecule has 0 aliphatic rings. The summed E-state index contributed by atoms with van der Waals surface area (Å²) in [6.45, 7) is 1.89. The second-order valence-corrected chi connectivity index (χ2v) is 8.39. The molecule has 0 heterocycles. The first-order valence-corrected chi connectivity index (χ1v) is 9.94. The van der Waals surface area contributed by atoms with Crippen LogP contribution in [0.4, 0.5) is 0 Å². The molecule has 0 saturated heterocycles. The molecule has 0 spiro atoms. The van der Waals surface area contributed by atoms with Crippen LogP contribution in [0.1, 0.15) is 28.9 Å². The van der Waals surface area contributed by atoms with Gasteiger partial charge < -0.3 is 0 Å². The first-order valence-electron chi connectivity index (χ1n) is 7.78. The number of hydrogen-bond acceptors (Lipinski definition) is 2. The second kappa shape index (κ2) is 8.11. The molecule has 1 atom stereocenters. The predicted octanol–water partition coefficient (Wildman–Crippen LogP) is 1.73. The van der Waals surface area contributed by atoms with Crippen LogP contribution >= 0.6 is 0 Å². The van der Waals surface area contributed by atoms with E-state index in [1.807, 2.05) is 67.6 Å². The van der Waals surface area contributed by atoms with E-state index in [1.165, 1.54) is 7.14 Å². The Balaban J connectivity index is 1.63. The van der Waals surface area contributed by atoms with Gasteiger partial charge in [0, 0.05) is 0 Å². The normalized spacial score (nSPS) is 11.9. The molecular formula is C21H18IO2-. The van der Waals surface area contributed by atoms with Gasteiger partial charge in [0.25, 0.3) is 0 Å². The standard InChI is InChI=1S/C21H18IO2/c1-16(17-8-4-2-5-9-17)24-21(23)18-12-14-20(15-13-18)22-19-10-6-3-7-11-19/h2-16H,1H3/q-1. The van der Waals surface area contributed by atoms with E-state index in [1.54, 1.807) is 0 Å². The van der Waals surface area contributed by atoms with Crippen molar-refractivity contribution in [1.82, 2.24) is 0 Å². The van der Waals surface area contributed by atoms with Gasteiger partial charge in [0.15, 0.2) is 0 Å². The number of benzene rings is 3. The second-order valence-electron chi connectivity index (χ2n) is 5.36. The van der Waals surface area contributed by atoms with Crippen LogP contribution in [0.2, 0.25) is 0 Å². The zero-order valence-corrected chi connectivity index (χ0v) is 15.5. The Hall–Kier alpha value is -2.14. The molecule has 0 aliphatic carbocycles. The van der Waals surface area contributed by atoms with Gasteiger partial charge in [-0.1, -0.05) is 0 Å². The van der Waals surface area contributed by atoms with E-state index in [4.69, 9.17) is 4.74 Å². The molecule has 0 N–H and O–H groups in total. The van der Waals surface area contributed by atoms with E-state index in [0.29, 0.717) is 5.56 Å². The minimum atomic E-state index is -0.282. The summed E-state index contributed by atoms with van der Waals surface area (Å²) in [5, 5.41) is 0. The van der Waals surface area contributed by atoms with Crippen LogP contribution in [-0.2, 0) is 4.74 Å². The van der Waals surface area contributed by atoms with Gasteiger partial charge in [-0.2, -0.15) is 0 Å². The Labute approximate surface area is 152 Å². The number of hydrogen-bond donors (Lipinski definition) is 0. The quantitative estimate of drug-likeness (QED) is 0.457. The molecular weight excluding hydrogens is 411 g/mol. The summed E-state index contributed by atoms with van der Waals surface area (Å²) in [5.74, 6) is -0.282. The van der Waals surface area contributed by atoms with E-state index in [2.05, 4.69) is 24.3 Å². The Morgan fingerprint density at radius 3 is 1.96 bits per heavy atom. The molecule has 0 saturated carbocycles. The average Bonchev–Trinajstić information content (AvgIpc) is 2.64. The molecule has 3 heteroatoms. The number of ether oxygens (including phenoxy) is 1. The first-order chi connectivity index (χ1) is 11.7. The number of esters is 1. The van der Waals surface area contributed by atoms with Gasteiger partial charge in [-0.25, -0.2) is 0 Å². The van der Waals surface area contributed by atoms with E-state index in [-0.39, 0.29) is 33.3 Å². The van der Waals surface area contributed by atoms with Crippen molar-refractivity contribution in [3.05, 3.63) is 103 Å². The maximum atomic E-state index is 12.3. The van der Waals surface area contributed by atoms with Crippen LogP contribution in [0.3, 0.4) is 0 Å². The van der Waals surface area contributed by atoms with Gasteiger partial charge in [-0.3, -0.25) is 0 Å². The SMILES string of the molecule is CC(OC(=O)c1ccc([I-]c2ccccc2)cc1)c1ccccc1. The molecule has 0 amide bonds. The van der Waals surface area contributed by atoms with Crippen LogP contribution in [0.25, 0.3) is 0 Å². The van der Waals surface area contributed by atoms with Gasteiger partial charge in [-0.15, -0.1) is 0 Å². The fourth-order valence-corrected chi connectivity index (χ4v) is 4.49. The minimum absolute atomic E-state index is 0.210. The molecule has 0 bridgehead atoms. The summed E-state index contributed by atoms with van der Waals surface area (Å²) >= 11 is -0.210. The van der Waals surface area contributed by atoms with E-state index < -0.39 is 0 Å². The Kier molecular flexibility index (Phi) is 5.64. The third kappa shape index (κ3) is 4.45. The fraction of sp³-hybridized carbons (Fsp3) is 0.0952. The maximum absolute atomic E-state index is 12.3. The summed E-state index contributed by atoms with van der Waals surface area (Å²) in [7, 11) is 0. The van der Waals surface area contributed by atoms with E-state index in [9.17, 15) is 4.79 Å². The first kappa shape index (κ1) is 16.7. The summed E-state index contributed by atoms with van der Waals surface area (Å²) in [5.41, 5.74) is 1.59. The third-order valence-electron chi connectivity index (χ3n) is 3.58. The van der Waals surface area contributed by atoms with Crippen molar-refractivity contribution in [2.24, 2.45) is 0 Å². The molecule has 122 valence electrons. The molecule has 2 nitrogen and oxygen atoms in total. The van der Waals surface area contributed by atoms with Gasteiger partial charge in [0.2, 0.25) is 0 Å². The molecule has 0 aliphatic heterocycles. The average molecular weight is 429 g/mol. The monoisotopic (exact) mass is 429 g/mol. The van der Waals surface area contributed by atoms with Crippen molar-refractivity contribution in [2.75, 3.05) is 0 Å². The van der Waals surface area contributed by atoms with Crippen LogP contribution < -0.4 is 21.2 Å². The number of carbonyl (C=O) groups excluding carboxylic acids is 1. The van der Waals surface area contributed by atoms with Crippen molar-refractivity contribution in [3.63, 3.8) is 0 Å². The Morgan fingerprint density at radius 2 is 1.33 bits per heavy atom. The Bertz CT molecular complexity index is 783. The summed E-state index contributed by atoms with van der Waals surface area (Å²) in [4.78, 5) is 12.3. The van der Waals surface area contributed by atoms with Crippen LogP contribution in [0, 0.1) is 7.14 Å². The van der Waals surface area contributed by atoms with E-state index in [0.717, 1.165) is 5.56 Å². The summed E-state index contributed by atoms with van der Waals surface area (Å²) < 4.78 is 8.20. The Morgan fingerprint density at radius 1 is 0.792 bits per heavy atom. The van der Waals surface area contributed by atoms with Crippen molar-refractivity contribution >= 4 is 5.97 Å².